The third-order valence-electron chi connectivity index (χ3n) is 5.08. The van der Waals surface area contributed by atoms with Crippen LogP contribution in [0.4, 0.5) is 18.9 Å². The van der Waals surface area contributed by atoms with Crippen molar-refractivity contribution in [3.63, 3.8) is 0 Å². The standard InChI is InChI=1S/C23H23ClF3N3O2/c1-3-21(29-19-9-8-17(24)12-15(19)2)28-13-16-10-11-30(14-16)22(31)18-6-4-5-7-20(18)32-23(25,26)27/h3-9,12,16H,1,10-11,13-14H2,2H3,(H,28,29). The predicted molar refractivity (Wildman–Crippen MR) is 119 cm³/mol. The summed E-state index contributed by atoms with van der Waals surface area (Å²) in [5.41, 5.74) is 1.71. The van der Waals surface area contributed by atoms with Gasteiger partial charge in [-0.2, -0.15) is 0 Å². The molecule has 0 bridgehead atoms. The number of amidine groups is 1. The van der Waals surface area contributed by atoms with E-state index < -0.39 is 18.0 Å². The molecule has 170 valence electrons. The molecule has 1 heterocycles. The minimum Gasteiger partial charge on any atom is -0.405 e. The van der Waals surface area contributed by atoms with Gasteiger partial charge in [0.2, 0.25) is 0 Å². The monoisotopic (exact) mass is 465 g/mol. The van der Waals surface area contributed by atoms with Gasteiger partial charge in [0.15, 0.2) is 0 Å². The van der Waals surface area contributed by atoms with Crippen LogP contribution in [0.5, 0.6) is 5.75 Å². The number of aliphatic imine (C=N–C) groups is 1. The Bertz CT molecular complexity index is 1020. The van der Waals surface area contributed by atoms with Crippen LogP contribution in [0.15, 0.2) is 60.1 Å². The zero-order chi connectivity index (χ0) is 23.3. The number of anilines is 1. The number of hydrogen-bond donors (Lipinski definition) is 1. The number of carbonyl (C=O) groups excluding carboxylic acids is 1. The minimum atomic E-state index is -4.87. The summed E-state index contributed by atoms with van der Waals surface area (Å²) in [5, 5.41) is 3.85. The zero-order valence-corrected chi connectivity index (χ0v) is 18.2. The molecule has 0 spiro atoms. The number of aryl methyl sites for hydroxylation is 1. The fourth-order valence-electron chi connectivity index (χ4n) is 3.48. The summed E-state index contributed by atoms with van der Waals surface area (Å²) in [6.45, 7) is 6.99. The smallest absolute Gasteiger partial charge is 0.405 e. The summed E-state index contributed by atoms with van der Waals surface area (Å²) in [7, 11) is 0. The van der Waals surface area contributed by atoms with Gasteiger partial charge in [0.05, 0.1) is 5.56 Å². The van der Waals surface area contributed by atoms with E-state index in [1.807, 2.05) is 19.1 Å². The van der Waals surface area contributed by atoms with Crippen LogP contribution in [0.3, 0.4) is 0 Å². The van der Waals surface area contributed by atoms with Crippen LogP contribution >= 0.6 is 11.6 Å². The molecule has 1 fully saturated rings. The number of halogens is 4. The third-order valence-corrected chi connectivity index (χ3v) is 5.32. The Kier molecular flexibility index (Phi) is 7.45. The van der Waals surface area contributed by atoms with Crippen LogP contribution in [0.25, 0.3) is 0 Å². The van der Waals surface area contributed by atoms with Gasteiger partial charge in [0.1, 0.15) is 11.6 Å². The summed E-state index contributed by atoms with van der Waals surface area (Å²) in [6.07, 6.45) is -2.56. The lowest BCUT2D eigenvalue weighted by Gasteiger charge is -2.19. The van der Waals surface area contributed by atoms with Crippen molar-refractivity contribution >= 4 is 29.0 Å². The van der Waals surface area contributed by atoms with E-state index in [0.717, 1.165) is 17.3 Å². The molecule has 0 aromatic heterocycles. The molecule has 2 aromatic rings. The predicted octanol–water partition coefficient (Wildman–Crippen LogP) is 5.71. The number of nitrogens with one attached hydrogen (secondary N) is 1. The molecule has 1 aliphatic rings. The highest BCUT2D eigenvalue weighted by Gasteiger charge is 2.34. The van der Waals surface area contributed by atoms with E-state index in [4.69, 9.17) is 11.6 Å². The number of likely N-dealkylation sites (tertiary alicyclic amines) is 1. The number of carbonyl (C=O) groups is 1. The number of nitrogens with zero attached hydrogens (tertiary/aromatic N) is 2. The molecule has 1 aliphatic heterocycles. The van der Waals surface area contributed by atoms with Crippen molar-refractivity contribution in [3.05, 3.63) is 71.3 Å². The molecule has 0 radical (unpaired) electrons. The first-order chi connectivity index (χ1) is 15.2. The lowest BCUT2D eigenvalue weighted by atomic mass is 10.1. The number of para-hydroxylation sites is 1. The number of rotatable bonds is 6. The lowest BCUT2D eigenvalue weighted by molar-refractivity contribution is -0.274. The van der Waals surface area contributed by atoms with Gasteiger partial charge in [-0.05, 0) is 61.2 Å². The molecule has 1 saturated heterocycles. The highest BCUT2D eigenvalue weighted by Crippen LogP contribution is 2.29. The first-order valence-electron chi connectivity index (χ1n) is 10.0. The molecular formula is C23H23ClF3N3O2. The van der Waals surface area contributed by atoms with E-state index in [2.05, 4.69) is 21.6 Å². The van der Waals surface area contributed by atoms with Gasteiger partial charge in [0.25, 0.3) is 5.91 Å². The van der Waals surface area contributed by atoms with E-state index in [1.165, 1.54) is 23.1 Å². The Morgan fingerprint density at radius 1 is 1.34 bits per heavy atom. The van der Waals surface area contributed by atoms with Crippen LogP contribution in [-0.2, 0) is 0 Å². The van der Waals surface area contributed by atoms with Gasteiger partial charge in [0, 0.05) is 30.3 Å². The average molecular weight is 466 g/mol. The highest BCUT2D eigenvalue weighted by atomic mass is 35.5. The molecule has 0 aliphatic carbocycles. The van der Waals surface area contributed by atoms with Gasteiger partial charge in [-0.1, -0.05) is 30.3 Å². The fraction of sp³-hybridized carbons (Fsp3) is 0.304. The summed E-state index contributed by atoms with van der Waals surface area (Å²) in [4.78, 5) is 18.9. The zero-order valence-electron chi connectivity index (χ0n) is 17.5. The SMILES string of the molecule is C=CC(=NCC1CCN(C(=O)c2ccccc2OC(F)(F)F)C1)Nc1ccc(Cl)cc1C. The Morgan fingerprint density at radius 3 is 2.78 bits per heavy atom. The van der Waals surface area contributed by atoms with Crippen LogP contribution in [0.1, 0.15) is 22.3 Å². The van der Waals surface area contributed by atoms with Gasteiger partial charge in [-0.25, -0.2) is 0 Å². The van der Waals surface area contributed by atoms with E-state index in [-0.39, 0.29) is 11.5 Å². The van der Waals surface area contributed by atoms with Crippen molar-refractivity contribution in [2.75, 3.05) is 25.0 Å². The van der Waals surface area contributed by atoms with Crippen molar-refractivity contribution in [3.8, 4) is 5.75 Å². The van der Waals surface area contributed by atoms with Crippen molar-refractivity contribution in [1.82, 2.24) is 4.90 Å². The summed E-state index contributed by atoms with van der Waals surface area (Å²) >= 11 is 5.99. The summed E-state index contributed by atoms with van der Waals surface area (Å²) in [5.74, 6) is -0.319. The second-order valence-corrected chi connectivity index (χ2v) is 7.90. The maximum Gasteiger partial charge on any atom is 0.573 e. The van der Waals surface area contributed by atoms with Crippen LogP contribution < -0.4 is 10.1 Å². The largest absolute Gasteiger partial charge is 0.573 e. The molecular weight excluding hydrogens is 443 g/mol. The average Bonchev–Trinajstić information content (AvgIpc) is 3.20. The summed E-state index contributed by atoms with van der Waals surface area (Å²) in [6, 6.07) is 10.8. The maximum atomic E-state index is 12.8. The topological polar surface area (TPSA) is 53.9 Å². The Labute approximate surface area is 189 Å². The molecule has 5 nitrogen and oxygen atoms in total. The molecule has 2 aromatic carbocycles. The van der Waals surface area contributed by atoms with Crippen molar-refractivity contribution in [2.24, 2.45) is 10.9 Å². The summed E-state index contributed by atoms with van der Waals surface area (Å²) < 4.78 is 42.0. The van der Waals surface area contributed by atoms with E-state index in [9.17, 15) is 18.0 Å². The van der Waals surface area contributed by atoms with Crippen molar-refractivity contribution < 1.29 is 22.7 Å². The number of alkyl halides is 3. The van der Waals surface area contributed by atoms with E-state index in [1.54, 1.807) is 12.1 Å². The Hall–Kier alpha value is -3.00. The molecule has 0 saturated carbocycles. The van der Waals surface area contributed by atoms with Gasteiger partial charge in [-0.3, -0.25) is 9.79 Å². The number of benzene rings is 2. The second kappa shape index (κ2) is 10.1. The molecule has 9 heteroatoms. The molecule has 3 rings (SSSR count). The Morgan fingerprint density at radius 2 is 2.09 bits per heavy atom. The van der Waals surface area contributed by atoms with Crippen molar-refractivity contribution in [1.29, 1.82) is 0 Å². The molecule has 1 unspecified atom stereocenters. The fourth-order valence-corrected chi connectivity index (χ4v) is 3.71. The third kappa shape index (κ3) is 6.26. The Balaban J connectivity index is 1.63. The maximum absolute atomic E-state index is 12.8. The normalized spacial score (nSPS) is 16.7. The second-order valence-electron chi connectivity index (χ2n) is 7.46. The van der Waals surface area contributed by atoms with Crippen molar-refractivity contribution in [2.45, 2.75) is 19.7 Å². The van der Waals surface area contributed by atoms with Gasteiger partial charge in [-0.15, -0.1) is 13.2 Å². The molecule has 1 N–H and O–H groups in total. The van der Waals surface area contributed by atoms with Crippen LogP contribution in [0.2, 0.25) is 5.02 Å². The highest BCUT2D eigenvalue weighted by molar-refractivity contribution is 6.30. The van der Waals surface area contributed by atoms with Gasteiger partial charge >= 0.3 is 6.36 Å². The van der Waals surface area contributed by atoms with Crippen LogP contribution in [0, 0.1) is 12.8 Å². The van der Waals surface area contributed by atoms with E-state index in [0.29, 0.717) is 36.9 Å². The number of amides is 1. The first-order valence-corrected chi connectivity index (χ1v) is 10.4. The minimum absolute atomic E-state index is 0.0812. The first kappa shape index (κ1) is 23.7. The molecule has 32 heavy (non-hydrogen) atoms. The quantitative estimate of drug-likeness (QED) is 0.439. The number of hydrogen-bond acceptors (Lipinski definition) is 3. The van der Waals surface area contributed by atoms with Crippen LogP contribution in [-0.4, -0.2) is 42.6 Å². The van der Waals surface area contributed by atoms with Gasteiger partial charge < -0.3 is 15.0 Å². The molecule has 1 amide bonds. The molecule has 1 atom stereocenters. The van der Waals surface area contributed by atoms with E-state index >= 15 is 0 Å². The number of ether oxygens (including phenoxy) is 1. The lowest BCUT2D eigenvalue weighted by Crippen LogP contribution is -2.30.